The van der Waals surface area contributed by atoms with E-state index < -0.39 is 17.9 Å². The maximum absolute atomic E-state index is 12.1. The molecule has 1 aromatic heterocycles. The number of nitrogens with one attached hydrogen (secondary N) is 1. The number of benzene rings is 1. The average molecular weight is 302 g/mol. The van der Waals surface area contributed by atoms with E-state index in [-0.39, 0.29) is 5.92 Å². The highest BCUT2D eigenvalue weighted by Crippen LogP contribution is 2.19. The number of nitrogens with zero attached hydrogens (tertiary/aromatic N) is 1. The van der Waals surface area contributed by atoms with Gasteiger partial charge in [0.15, 0.2) is 12.2 Å². The Morgan fingerprint density at radius 1 is 1.27 bits per heavy atom. The number of carbonyl (C=O) groups is 2. The van der Waals surface area contributed by atoms with Crippen LogP contribution in [0.15, 0.2) is 41.3 Å². The molecule has 22 heavy (non-hydrogen) atoms. The van der Waals surface area contributed by atoms with Crippen molar-refractivity contribution in [3.8, 4) is 11.3 Å². The summed E-state index contributed by atoms with van der Waals surface area (Å²) < 4.78 is 5.17. The second kappa shape index (κ2) is 6.89. The van der Waals surface area contributed by atoms with Crippen LogP contribution in [0, 0.1) is 5.92 Å². The molecular weight excluding hydrogens is 284 g/mol. The first-order chi connectivity index (χ1) is 10.5. The Morgan fingerprint density at radius 3 is 2.45 bits per heavy atom. The normalized spacial score (nSPS) is 12.1. The first-order valence-electron chi connectivity index (χ1n) is 7.00. The molecule has 0 spiro atoms. The minimum Gasteiger partial charge on any atom is -0.480 e. The van der Waals surface area contributed by atoms with E-state index >= 15 is 0 Å². The largest absolute Gasteiger partial charge is 0.480 e. The lowest BCUT2D eigenvalue weighted by Crippen LogP contribution is -2.41. The van der Waals surface area contributed by atoms with Crippen LogP contribution in [0.1, 0.15) is 30.6 Å². The van der Waals surface area contributed by atoms with Crippen LogP contribution in [0.3, 0.4) is 0 Å². The Bertz CT molecular complexity index is 633. The van der Waals surface area contributed by atoms with Crippen molar-refractivity contribution in [1.82, 2.24) is 10.3 Å². The number of hydrogen-bond donors (Lipinski definition) is 2. The molecule has 116 valence electrons. The number of carboxylic acid groups (broad SMARTS) is 1. The number of rotatable bonds is 6. The van der Waals surface area contributed by atoms with Gasteiger partial charge in [0, 0.05) is 11.1 Å². The number of aliphatic carboxylic acids is 1. The number of oxazole rings is 1. The molecule has 0 bridgehead atoms. The number of aromatic nitrogens is 1. The highest BCUT2D eigenvalue weighted by atomic mass is 16.4. The third-order valence-corrected chi connectivity index (χ3v) is 3.17. The molecule has 0 aliphatic rings. The fourth-order valence-corrected chi connectivity index (χ4v) is 2.08. The summed E-state index contributed by atoms with van der Waals surface area (Å²) in [7, 11) is 0. The lowest BCUT2D eigenvalue weighted by molar-refractivity contribution is -0.139. The van der Waals surface area contributed by atoms with Crippen molar-refractivity contribution in [2.75, 3.05) is 0 Å². The smallest absolute Gasteiger partial charge is 0.326 e. The third-order valence-electron chi connectivity index (χ3n) is 3.17. The van der Waals surface area contributed by atoms with E-state index in [1.165, 1.54) is 6.39 Å². The minimum atomic E-state index is -1.03. The SMILES string of the molecule is CC(C)CC(NC(=O)c1ccc(-c2cnco2)cc1)C(=O)O. The Morgan fingerprint density at radius 2 is 1.95 bits per heavy atom. The van der Waals surface area contributed by atoms with Gasteiger partial charge in [0.05, 0.1) is 6.20 Å². The Hall–Kier alpha value is -2.63. The number of amides is 1. The molecule has 0 aliphatic heterocycles. The maximum Gasteiger partial charge on any atom is 0.326 e. The Labute approximate surface area is 128 Å². The van der Waals surface area contributed by atoms with Crippen LogP contribution in [0.2, 0.25) is 0 Å². The fraction of sp³-hybridized carbons (Fsp3) is 0.312. The van der Waals surface area contributed by atoms with E-state index in [0.717, 1.165) is 5.56 Å². The molecule has 0 fully saturated rings. The van der Waals surface area contributed by atoms with Gasteiger partial charge in [-0.25, -0.2) is 9.78 Å². The number of carboxylic acids is 1. The van der Waals surface area contributed by atoms with Crippen LogP contribution in [0.5, 0.6) is 0 Å². The zero-order chi connectivity index (χ0) is 16.1. The van der Waals surface area contributed by atoms with Crippen LogP contribution in [-0.4, -0.2) is 28.0 Å². The van der Waals surface area contributed by atoms with Crippen molar-refractivity contribution >= 4 is 11.9 Å². The van der Waals surface area contributed by atoms with Gasteiger partial charge >= 0.3 is 5.97 Å². The molecule has 1 atom stereocenters. The molecule has 2 aromatic rings. The van der Waals surface area contributed by atoms with Gasteiger partial charge in [-0.15, -0.1) is 0 Å². The molecule has 1 amide bonds. The van der Waals surface area contributed by atoms with Crippen molar-refractivity contribution in [3.63, 3.8) is 0 Å². The summed E-state index contributed by atoms with van der Waals surface area (Å²) in [6.07, 6.45) is 3.30. The molecule has 0 radical (unpaired) electrons. The molecule has 2 N–H and O–H groups in total. The summed E-state index contributed by atoms with van der Waals surface area (Å²) in [6, 6.07) is 5.82. The van der Waals surface area contributed by atoms with E-state index in [4.69, 9.17) is 9.52 Å². The zero-order valence-electron chi connectivity index (χ0n) is 12.4. The molecule has 1 aromatic carbocycles. The van der Waals surface area contributed by atoms with Crippen molar-refractivity contribution < 1.29 is 19.1 Å². The van der Waals surface area contributed by atoms with E-state index in [1.807, 2.05) is 13.8 Å². The fourth-order valence-electron chi connectivity index (χ4n) is 2.08. The highest BCUT2D eigenvalue weighted by molar-refractivity contribution is 5.96. The summed E-state index contributed by atoms with van der Waals surface area (Å²) >= 11 is 0. The van der Waals surface area contributed by atoms with Gasteiger partial charge in [-0.05, 0) is 24.5 Å². The first-order valence-corrected chi connectivity index (χ1v) is 7.00. The molecule has 6 heteroatoms. The molecule has 0 aliphatic carbocycles. The third kappa shape index (κ3) is 3.94. The average Bonchev–Trinajstić information content (AvgIpc) is 3.00. The lowest BCUT2D eigenvalue weighted by Gasteiger charge is -2.16. The van der Waals surface area contributed by atoms with Crippen molar-refractivity contribution in [2.24, 2.45) is 5.92 Å². The van der Waals surface area contributed by atoms with Crippen LogP contribution in [0.4, 0.5) is 0 Å². The van der Waals surface area contributed by atoms with Gasteiger partial charge in [-0.3, -0.25) is 4.79 Å². The standard InChI is InChI=1S/C16H18N2O4/c1-10(2)7-13(16(20)21)18-15(19)12-5-3-11(4-6-12)14-8-17-9-22-14/h3-6,8-10,13H,7H2,1-2H3,(H,18,19)(H,20,21). The Kier molecular flexibility index (Phi) is 4.93. The van der Waals surface area contributed by atoms with Crippen LogP contribution >= 0.6 is 0 Å². The van der Waals surface area contributed by atoms with Crippen LogP contribution < -0.4 is 5.32 Å². The highest BCUT2D eigenvalue weighted by Gasteiger charge is 2.21. The Balaban J connectivity index is 2.07. The summed E-state index contributed by atoms with van der Waals surface area (Å²) in [5.41, 5.74) is 1.20. The van der Waals surface area contributed by atoms with E-state index in [0.29, 0.717) is 17.7 Å². The summed E-state index contributed by atoms with van der Waals surface area (Å²) in [5, 5.41) is 11.7. The molecule has 0 saturated heterocycles. The molecule has 2 rings (SSSR count). The molecular formula is C16H18N2O4. The van der Waals surface area contributed by atoms with Crippen LogP contribution in [-0.2, 0) is 4.79 Å². The summed E-state index contributed by atoms with van der Waals surface area (Å²) in [6.45, 7) is 3.82. The zero-order valence-corrected chi connectivity index (χ0v) is 12.4. The molecule has 0 saturated carbocycles. The monoisotopic (exact) mass is 302 g/mol. The van der Waals surface area contributed by atoms with Crippen LogP contribution in [0.25, 0.3) is 11.3 Å². The van der Waals surface area contributed by atoms with Crippen molar-refractivity contribution in [3.05, 3.63) is 42.4 Å². The van der Waals surface area contributed by atoms with Gasteiger partial charge in [0.25, 0.3) is 5.91 Å². The molecule has 1 heterocycles. The van der Waals surface area contributed by atoms with Gasteiger partial charge in [0.2, 0.25) is 0 Å². The topological polar surface area (TPSA) is 92.4 Å². The van der Waals surface area contributed by atoms with Crippen molar-refractivity contribution in [2.45, 2.75) is 26.3 Å². The van der Waals surface area contributed by atoms with Gasteiger partial charge in [-0.1, -0.05) is 26.0 Å². The summed E-state index contributed by atoms with van der Waals surface area (Å²) in [5.74, 6) is -0.650. The van der Waals surface area contributed by atoms with Gasteiger partial charge < -0.3 is 14.8 Å². The van der Waals surface area contributed by atoms with Gasteiger partial charge in [-0.2, -0.15) is 0 Å². The second-order valence-electron chi connectivity index (χ2n) is 5.44. The van der Waals surface area contributed by atoms with E-state index in [9.17, 15) is 9.59 Å². The van der Waals surface area contributed by atoms with Crippen molar-refractivity contribution in [1.29, 1.82) is 0 Å². The lowest BCUT2D eigenvalue weighted by atomic mass is 10.0. The number of carbonyl (C=O) groups excluding carboxylic acids is 1. The maximum atomic E-state index is 12.1. The second-order valence-corrected chi connectivity index (χ2v) is 5.44. The minimum absolute atomic E-state index is 0.176. The summed E-state index contributed by atoms with van der Waals surface area (Å²) in [4.78, 5) is 27.1. The van der Waals surface area contributed by atoms with Gasteiger partial charge in [0.1, 0.15) is 6.04 Å². The quantitative estimate of drug-likeness (QED) is 0.855. The number of hydrogen-bond acceptors (Lipinski definition) is 4. The molecule has 6 nitrogen and oxygen atoms in total. The predicted octanol–water partition coefficient (Wildman–Crippen LogP) is 2.57. The predicted molar refractivity (Wildman–Crippen MR) is 80.3 cm³/mol. The molecule has 1 unspecified atom stereocenters. The van der Waals surface area contributed by atoms with E-state index in [1.54, 1.807) is 30.5 Å². The first kappa shape index (κ1) is 15.8. The van der Waals surface area contributed by atoms with E-state index in [2.05, 4.69) is 10.3 Å².